The van der Waals surface area contributed by atoms with E-state index in [-0.39, 0.29) is 11.4 Å². The number of sulfonamides is 1. The predicted octanol–water partition coefficient (Wildman–Crippen LogP) is 0.956. The smallest absolute Gasteiger partial charge is 0.241 e. The van der Waals surface area contributed by atoms with Gasteiger partial charge in [0.15, 0.2) is 0 Å². The van der Waals surface area contributed by atoms with E-state index in [9.17, 15) is 8.42 Å². The molecule has 1 rings (SSSR count). The zero-order chi connectivity index (χ0) is 12.2. The van der Waals surface area contributed by atoms with Crippen molar-refractivity contribution in [2.75, 3.05) is 26.0 Å². The van der Waals surface area contributed by atoms with Gasteiger partial charge in [-0.05, 0) is 34.1 Å². The Morgan fingerprint density at radius 3 is 2.75 bits per heavy atom. The number of anilines is 1. The van der Waals surface area contributed by atoms with E-state index in [0.717, 1.165) is 0 Å². The lowest BCUT2D eigenvalue weighted by atomic mass is 10.3. The highest BCUT2D eigenvalue weighted by atomic mass is 79.9. The zero-order valence-corrected chi connectivity index (χ0v) is 11.1. The van der Waals surface area contributed by atoms with Crippen LogP contribution in [0.2, 0.25) is 0 Å². The van der Waals surface area contributed by atoms with Gasteiger partial charge in [0.25, 0.3) is 0 Å². The second-order valence-electron chi connectivity index (χ2n) is 3.08. The van der Waals surface area contributed by atoms with Crippen molar-refractivity contribution < 1.29 is 13.2 Å². The van der Waals surface area contributed by atoms with Gasteiger partial charge in [-0.15, -0.1) is 0 Å². The van der Waals surface area contributed by atoms with Crippen molar-refractivity contribution in [3.05, 3.63) is 22.7 Å². The number of ether oxygens (including phenoxy) is 1. The Bertz CT molecular complexity index is 462. The number of methoxy groups -OCH3 is 1. The van der Waals surface area contributed by atoms with Crippen molar-refractivity contribution >= 4 is 31.6 Å². The van der Waals surface area contributed by atoms with E-state index >= 15 is 0 Å². The fourth-order valence-electron chi connectivity index (χ4n) is 1.09. The van der Waals surface area contributed by atoms with E-state index in [1.165, 1.54) is 19.2 Å². The van der Waals surface area contributed by atoms with Crippen LogP contribution in [-0.4, -0.2) is 28.7 Å². The molecule has 0 unspecified atom stereocenters. The molecule has 0 bridgehead atoms. The Morgan fingerprint density at radius 2 is 2.19 bits per heavy atom. The molecule has 7 heteroatoms. The molecule has 0 saturated heterocycles. The Kier molecular flexibility index (Phi) is 4.72. The molecule has 0 amide bonds. The van der Waals surface area contributed by atoms with Gasteiger partial charge < -0.3 is 10.5 Å². The molecule has 1 aromatic rings. The van der Waals surface area contributed by atoms with Crippen LogP contribution in [0.25, 0.3) is 0 Å². The molecule has 0 spiro atoms. The van der Waals surface area contributed by atoms with E-state index in [0.29, 0.717) is 16.8 Å². The fourth-order valence-corrected chi connectivity index (χ4v) is 3.20. The minimum atomic E-state index is -3.51. The molecule has 0 heterocycles. The monoisotopic (exact) mass is 308 g/mol. The highest BCUT2D eigenvalue weighted by Gasteiger charge is 2.16. The summed E-state index contributed by atoms with van der Waals surface area (Å²) >= 11 is 3.16. The molecule has 16 heavy (non-hydrogen) atoms. The molecule has 0 saturated carbocycles. The summed E-state index contributed by atoms with van der Waals surface area (Å²) in [5.74, 6) is 0. The van der Waals surface area contributed by atoms with Crippen molar-refractivity contribution in [3.63, 3.8) is 0 Å². The first-order valence-electron chi connectivity index (χ1n) is 4.51. The molecule has 3 N–H and O–H groups in total. The summed E-state index contributed by atoms with van der Waals surface area (Å²) in [6, 6.07) is 4.54. The number of rotatable bonds is 5. The average molecular weight is 309 g/mol. The van der Waals surface area contributed by atoms with Gasteiger partial charge in [0, 0.05) is 23.8 Å². The van der Waals surface area contributed by atoms with Gasteiger partial charge in [0.1, 0.15) is 0 Å². The van der Waals surface area contributed by atoms with Gasteiger partial charge in [-0.3, -0.25) is 0 Å². The second kappa shape index (κ2) is 5.62. The number of hydrogen-bond acceptors (Lipinski definition) is 4. The van der Waals surface area contributed by atoms with Crippen LogP contribution in [-0.2, 0) is 14.8 Å². The van der Waals surface area contributed by atoms with Crippen molar-refractivity contribution in [2.45, 2.75) is 4.90 Å². The van der Waals surface area contributed by atoms with Crippen molar-refractivity contribution in [1.82, 2.24) is 4.72 Å². The van der Waals surface area contributed by atoms with Crippen molar-refractivity contribution in [2.24, 2.45) is 0 Å². The zero-order valence-electron chi connectivity index (χ0n) is 8.73. The molecule has 0 fully saturated rings. The van der Waals surface area contributed by atoms with Crippen LogP contribution in [0.1, 0.15) is 0 Å². The molecule has 90 valence electrons. The van der Waals surface area contributed by atoms with Crippen LogP contribution >= 0.6 is 15.9 Å². The summed E-state index contributed by atoms with van der Waals surface area (Å²) < 4.78 is 31.2. The summed E-state index contributed by atoms with van der Waals surface area (Å²) in [6.45, 7) is 0.557. The van der Waals surface area contributed by atoms with Crippen LogP contribution in [0.15, 0.2) is 27.6 Å². The van der Waals surface area contributed by atoms with E-state index < -0.39 is 10.0 Å². The van der Waals surface area contributed by atoms with Gasteiger partial charge in [-0.1, -0.05) is 0 Å². The molecule has 5 nitrogen and oxygen atoms in total. The van der Waals surface area contributed by atoms with Crippen LogP contribution in [0.4, 0.5) is 5.69 Å². The Morgan fingerprint density at radius 1 is 1.50 bits per heavy atom. The standard InChI is InChI=1S/C9H13BrN2O3S/c1-15-5-4-12-16(13,14)9-3-2-7(11)6-8(9)10/h2-3,6,12H,4-5,11H2,1H3. The lowest BCUT2D eigenvalue weighted by molar-refractivity contribution is 0.204. The molecule has 0 atom stereocenters. The maximum Gasteiger partial charge on any atom is 0.241 e. The largest absolute Gasteiger partial charge is 0.399 e. The number of nitrogen functional groups attached to an aromatic ring is 1. The third-order valence-corrected chi connectivity index (χ3v) is 4.28. The lowest BCUT2D eigenvalue weighted by Gasteiger charge is -2.08. The fraction of sp³-hybridized carbons (Fsp3) is 0.333. The van der Waals surface area contributed by atoms with Crippen LogP contribution in [0.3, 0.4) is 0 Å². The summed E-state index contributed by atoms with van der Waals surface area (Å²) in [7, 11) is -2.01. The third kappa shape index (κ3) is 3.44. The Balaban J connectivity index is 2.90. The van der Waals surface area contributed by atoms with Gasteiger partial charge in [0.2, 0.25) is 10.0 Å². The Hall–Kier alpha value is -0.630. The highest BCUT2D eigenvalue weighted by Crippen LogP contribution is 2.23. The van der Waals surface area contributed by atoms with Gasteiger partial charge in [0.05, 0.1) is 11.5 Å². The van der Waals surface area contributed by atoms with E-state index in [1.54, 1.807) is 6.07 Å². The number of benzene rings is 1. The number of nitrogens with two attached hydrogens (primary N) is 1. The van der Waals surface area contributed by atoms with Crippen LogP contribution < -0.4 is 10.5 Å². The van der Waals surface area contributed by atoms with Crippen LogP contribution in [0, 0.1) is 0 Å². The van der Waals surface area contributed by atoms with Gasteiger partial charge in [-0.25, -0.2) is 13.1 Å². The SMILES string of the molecule is COCCNS(=O)(=O)c1ccc(N)cc1Br. The van der Waals surface area contributed by atoms with E-state index in [4.69, 9.17) is 10.5 Å². The number of hydrogen-bond donors (Lipinski definition) is 2. The molecular weight excluding hydrogens is 296 g/mol. The average Bonchev–Trinajstić information content (AvgIpc) is 2.17. The molecule has 0 aliphatic carbocycles. The molecule has 0 aliphatic rings. The maximum atomic E-state index is 11.8. The summed E-state index contributed by atoms with van der Waals surface area (Å²) in [5, 5.41) is 0. The van der Waals surface area contributed by atoms with Gasteiger partial charge in [-0.2, -0.15) is 0 Å². The predicted molar refractivity (Wildman–Crippen MR) is 65.6 cm³/mol. The summed E-state index contributed by atoms with van der Waals surface area (Å²) in [4.78, 5) is 0.165. The van der Waals surface area contributed by atoms with Crippen molar-refractivity contribution in [3.8, 4) is 0 Å². The Labute approximate surface area is 103 Å². The third-order valence-electron chi connectivity index (χ3n) is 1.84. The molecular formula is C9H13BrN2O3S. The second-order valence-corrected chi connectivity index (χ2v) is 5.67. The molecule has 0 radical (unpaired) electrons. The highest BCUT2D eigenvalue weighted by molar-refractivity contribution is 9.10. The first-order valence-corrected chi connectivity index (χ1v) is 6.78. The maximum absolute atomic E-state index is 11.8. The first-order chi connectivity index (χ1) is 7.47. The lowest BCUT2D eigenvalue weighted by Crippen LogP contribution is -2.27. The normalized spacial score (nSPS) is 11.6. The summed E-state index contributed by atoms with van der Waals surface area (Å²) in [5.41, 5.74) is 6.03. The van der Waals surface area contributed by atoms with Crippen LogP contribution in [0.5, 0.6) is 0 Å². The van der Waals surface area contributed by atoms with Gasteiger partial charge >= 0.3 is 0 Å². The molecule has 1 aromatic carbocycles. The molecule has 0 aromatic heterocycles. The number of halogens is 1. The number of nitrogens with one attached hydrogen (secondary N) is 1. The molecule has 0 aliphatic heterocycles. The van der Waals surface area contributed by atoms with E-state index in [2.05, 4.69) is 20.7 Å². The van der Waals surface area contributed by atoms with Crippen molar-refractivity contribution in [1.29, 1.82) is 0 Å². The topological polar surface area (TPSA) is 81.4 Å². The quantitative estimate of drug-likeness (QED) is 0.627. The minimum Gasteiger partial charge on any atom is -0.399 e. The first kappa shape index (κ1) is 13.4. The minimum absolute atomic E-state index is 0.165. The summed E-state index contributed by atoms with van der Waals surface area (Å²) in [6.07, 6.45) is 0. The van der Waals surface area contributed by atoms with E-state index in [1.807, 2.05) is 0 Å².